The summed E-state index contributed by atoms with van der Waals surface area (Å²) in [5, 5.41) is 0. The van der Waals surface area contributed by atoms with Gasteiger partial charge in [0.2, 0.25) is 0 Å². The predicted octanol–water partition coefficient (Wildman–Crippen LogP) is 1.42. The van der Waals surface area contributed by atoms with Crippen LogP contribution in [0.3, 0.4) is 0 Å². The van der Waals surface area contributed by atoms with Crippen molar-refractivity contribution in [1.29, 1.82) is 0 Å². The number of nitrogens with zero attached hydrogens (tertiary/aromatic N) is 3. The molecule has 1 aliphatic heterocycles. The van der Waals surface area contributed by atoms with E-state index in [9.17, 15) is 4.79 Å². The van der Waals surface area contributed by atoms with Gasteiger partial charge in [-0.05, 0) is 6.42 Å². The van der Waals surface area contributed by atoms with Crippen molar-refractivity contribution in [3.05, 3.63) is 18.1 Å². The summed E-state index contributed by atoms with van der Waals surface area (Å²) in [6.07, 6.45) is 3.90. The average molecular weight is 266 g/mol. The highest BCUT2D eigenvalue weighted by Gasteiger charge is 2.27. The van der Waals surface area contributed by atoms with Crippen molar-refractivity contribution in [1.82, 2.24) is 14.9 Å². The standard InChI is InChI=1S/C12H18N4OS/c1-12(2)3-4-16(5-6-18-12)11(17)9-7-14-8-10(13)15-9/h7-8H,3-6H2,1-2H3,(H2,13,15). The maximum Gasteiger partial charge on any atom is 0.274 e. The van der Waals surface area contributed by atoms with Gasteiger partial charge in [-0.3, -0.25) is 9.78 Å². The maximum absolute atomic E-state index is 12.3. The van der Waals surface area contributed by atoms with Gasteiger partial charge in [0.05, 0.1) is 12.4 Å². The molecule has 98 valence electrons. The van der Waals surface area contributed by atoms with Crippen LogP contribution < -0.4 is 5.73 Å². The molecule has 1 aromatic heterocycles. The third-order valence-corrected chi connectivity index (χ3v) is 4.37. The lowest BCUT2D eigenvalue weighted by Gasteiger charge is -2.22. The van der Waals surface area contributed by atoms with Gasteiger partial charge >= 0.3 is 0 Å². The molecule has 2 N–H and O–H groups in total. The van der Waals surface area contributed by atoms with Crippen LogP contribution in [0.5, 0.6) is 0 Å². The summed E-state index contributed by atoms with van der Waals surface area (Å²) in [5.74, 6) is 1.16. The molecule has 0 radical (unpaired) electrons. The number of carbonyl (C=O) groups excluding carboxylic acids is 1. The number of aromatic nitrogens is 2. The second-order valence-electron chi connectivity index (χ2n) is 4.98. The molecule has 1 aromatic rings. The fraction of sp³-hybridized carbons (Fsp3) is 0.583. The highest BCUT2D eigenvalue weighted by molar-refractivity contribution is 8.00. The molecule has 0 aliphatic carbocycles. The first kappa shape index (κ1) is 13.1. The van der Waals surface area contributed by atoms with Crippen molar-refractivity contribution in [2.45, 2.75) is 25.0 Å². The summed E-state index contributed by atoms with van der Waals surface area (Å²) in [6.45, 7) is 5.94. The fourth-order valence-electron chi connectivity index (χ4n) is 1.87. The average Bonchev–Trinajstić information content (AvgIpc) is 2.49. The Morgan fingerprint density at radius 1 is 1.44 bits per heavy atom. The summed E-state index contributed by atoms with van der Waals surface area (Å²) in [5.41, 5.74) is 5.88. The van der Waals surface area contributed by atoms with Crippen LogP contribution in [0, 0.1) is 0 Å². The zero-order chi connectivity index (χ0) is 13.2. The first-order valence-corrected chi connectivity index (χ1v) is 6.97. The van der Waals surface area contributed by atoms with E-state index < -0.39 is 0 Å². The van der Waals surface area contributed by atoms with Crippen LogP contribution >= 0.6 is 11.8 Å². The largest absolute Gasteiger partial charge is 0.382 e. The van der Waals surface area contributed by atoms with E-state index in [1.807, 2.05) is 16.7 Å². The normalized spacial score (nSPS) is 19.3. The van der Waals surface area contributed by atoms with Gasteiger partial charge in [-0.2, -0.15) is 11.8 Å². The van der Waals surface area contributed by atoms with E-state index in [4.69, 9.17) is 5.73 Å². The highest BCUT2D eigenvalue weighted by Crippen LogP contribution is 2.30. The van der Waals surface area contributed by atoms with Crippen LogP contribution in [0.25, 0.3) is 0 Å². The fourth-order valence-corrected chi connectivity index (χ4v) is 2.97. The molecule has 1 saturated heterocycles. The smallest absolute Gasteiger partial charge is 0.274 e. The molecule has 0 aromatic carbocycles. The number of hydrogen-bond donors (Lipinski definition) is 1. The minimum Gasteiger partial charge on any atom is -0.382 e. The summed E-state index contributed by atoms with van der Waals surface area (Å²) < 4.78 is 0.233. The molecule has 2 rings (SSSR count). The Balaban J connectivity index is 2.10. The zero-order valence-corrected chi connectivity index (χ0v) is 11.5. The molecule has 0 unspecified atom stereocenters. The minimum atomic E-state index is -0.0758. The molecule has 0 saturated carbocycles. The summed E-state index contributed by atoms with van der Waals surface area (Å²) in [4.78, 5) is 22.1. The van der Waals surface area contributed by atoms with Crippen molar-refractivity contribution in [2.75, 3.05) is 24.6 Å². The maximum atomic E-state index is 12.3. The Labute approximate surface area is 111 Å². The van der Waals surface area contributed by atoms with Crippen LogP contribution in [-0.4, -0.2) is 44.4 Å². The minimum absolute atomic E-state index is 0.0758. The topological polar surface area (TPSA) is 72.1 Å². The molecule has 1 fully saturated rings. The van der Waals surface area contributed by atoms with E-state index in [0.29, 0.717) is 5.69 Å². The second-order valence-corrected chi connectivity index (χ2v) is 6.78. The number of anilines is 1. The van der Waals surface area contributed by atoms with Crippen molar-refractivity contribution in [3.63, 3.8) is 0 Å². The van der Waals surface area contributed by atoms with E-state index >= 15 is 0 Å². The van der Waals surface area contributed by atoms with Crippen molar-refractivity contribution in [2.24, 2.45) is 0 Å². The van der Waals surface area contributed by atoms with Gasteiger partial charge in [0.1, 0.15) is 11.5 Å². The lowest BCUT2D eigenvalue weighted by atomic mass is 10.1. The lowest BCUT2D eigenvalue weighted by molar-refractivity contribution is 0.0758. The molecule has 18 heavy (non-hydrogen) atoms. The quantitative estimate of drug-likeness (QED) is 0.832. The number of nitrogens with two attached hydrogens (primary N) is 1. The van der Waals surface area contributed by atoms with Crippen LogP contribution in [0.15, 0.2) is 12.4 Å². The molecular weight excluding hydrogens is 248 g/mol. The van der Waals surface area contributed by atoms with Gasteiger partial charge in [-0.1, -0.05) is 13.8 Å². The van der Waals surface area contributed by atoms with Crippen molar-refractivity contribution < 1.29 is 4.79 Å². The van der Waals surface area contributed by atoms with Gasteiger partial charge in [0.15, 0.2) is 0 Å². The second kappa shape index (κ2) is 5.14. The number of nitrogen functional groups attached to an aromatic ring is 1. The van der Waals surface area contributed by atoms with Crippen LogP contribution in [0.2, 0.25) is 0 Å². The monoisotopic (exact) mass is 266 g/mol. The van der Waals surface area contributed by atoms with Crippen molar-refractivity contribution in [3.8, 4) is 0 Å². The molecule has 0 bridgehead atoms. The highest BCUT2D eigenvalue weighted by atomic mass is 32.2. The number of carbonyl (C=O) groups is 1. The van der Waals surface area contributed by atoms with Crippen molar-refractivity contribution >= 4 is 23.5 Å². The molecule has 1 amide bonds. The molecule has 2 heterocycles. The van der Waals surface area contributed by atoms with Gasteiger partial charge in [0, 0.05) is 23.6 Å². The molecule has 6 heteroatoms. The number of amides is 1. The zero-order valence-electron chi connectivity index (χ0n) is 10.7. The Hall–Kier alpha value is -1.30. The van der Waals surface area contributed by atoms with Gasteiger partial charge < -0.3 is 10.6 Å². The third-order valence-electron chi connectivity index (χ3n) is 3.00. The van der Waals surface area contributed by atoms with Gasteiger partial charge in [-0.15, -0.1) is 0 Å². The Morgan fingerprint density at radius 3 is 2.94 bits per heavy atom. The van der Waals surface area contributed by atoms with Gasteiger partial charge in [0.25, 0.3) is 5.91 Å². The number of thioether (sulfide) groups is 1. The number of hydrogen-bond acceptors (Lipinski definition) is 5. The molecule has 0 spiro atoms. The Kier molecular flexibility index (Phi) is 3.75. The van der Waals surface area contributed by atoms with E-state index in [2.05, 4.69) is 23.8 Å². The summed E-state index contributed by atoms with van der Waals surface area (Å²) >= 11 is 1.91. The summed E-state index contributed by atoms with van der Waals surface area (Å²) in [7, 11) is 0. The van der Waals surface area contributed by atoms with Gasteiger partial charge in [-0.25, -0.2) is 4.98 Å². The van der Waals surface area contributed by atoms with E-state index in [1.165, 1.54) is 12.4 Å². The lowest BCUT2D eigenvalue weighted by Crippen LogP contribution is -2.34. The summed E-state index contributed by atoms with van der Waals surface area (Å²) in [6, 6.07) is 0. The first-order valence-electron chi connectivity index (χ1n) is 5.99. The Bertz CT molecular complexity index is 449. The van der Waals surface area contributed by atoms with Crippen LogP contribution in [-0.2, 0) is 0 Å². The van der Waals surface area contributed by atoms with E-state index in [0.717, 1.165) is 25.3 Å². The number of rotatable bonds is 1. The van der Waals surface area contributed by atoms with Crippen LogP contribution in [0.1, 0.15) is 30.8 Å². The van der Waals surface area contributed by atoms with E-state index in [-0.39, 0.29) is 16.5 Å². The predicted molar refractivity (Wildman–Crippen MR) is 73.5 cm³/mol. The molecule has 0 atom stereocenters. The SMILES string of the molecule is CC1(C)CCN(C(=O)c2cncc(N)n2)CCS1. The molecule has 5 nitrogen and oxygen atoms in total. The molecule has 1 aliphatic rings. The first-order chi connectivity index (χ1) is 8.48. The van der Waals surface area contributed by atoms with E-state index in [1.54, 1.807) is 0 Å². The Morgan fingerprint density at radius 2 is 2.22 bits per heavy atom. The third kappa shape index (κ3) is 3.13. The van der Waals surface area contributed by atoms with Crippen LogP contribution in [0.4, 0.5) is 5.82 Å². The molecular formula is C12H18N4OS.